The summed E-state index contributed by atoms with van der Waals surface area (Å²) in [5.74, 6) is 1.77. The molecule has 0 N–H and O–H groups in total. The topological polar surface area (TPSA) is 0 Å². The van der Waals surface area contributed by atoms with E-state index in [9.17, 15) is 0 Å². The van der Waals surface area contributed by atoms with E-state index in [4.69, 9.17) is 0 Å². The maximum atomic E-state index is 2.54. The second kappa shape index (κ2) is 4.36. The average molecular weight is 256 g/mol. The third-order valence-corrected chi connectivity index (χ3v) is 6.56. The predicted molar refractivity (Wildman–Crippen MR) is 82.4 cm³/mol. The molecule has 2 aliphatic carbocycles. The lowest BCUT2D eigenvalue weighted by molar-refractivity contribution is -0.0154. The molecule has 0 saturated heterocycles. The molecule has 0 aliphatic heterocycles. The lowest BCUT2D eigenvalue weighted by atomic mass is 9.47. The van der Waals surface area contributed by atoms with Gasteiger partial charge < -0.3 is 0 Å². The van der Waals surface area contributed by atoms with E-state index in [0.717, 1.165) is 11.8 Å². The van der Waals surface area contributed by atoms with Gasteiger partial charge in [-0.2, -0.15) is 0 Å². The van der Waals surface area contributed by atoms with Gasteiger partial charge in [0.2, 0.25) is 0 Å². The summed E-state index contributed by atoms with van der Waals surface area (Å²) in [6, 6.07) is 9.22. The first-order valence-electron chi connectivity index (χ1n) is 8.08. The van der Waals surface area contributed by atoms with Crippen molar-refractivity contribution in [2.45, 2.75) is 65.2 Å². The van der Waals surface area contributed by atoms with E-state index in [1.165, 1.54) is 32.1 Å². The highest BCUT2D eigenvalue weighted by Crippen LogP contribution is 2.59. The molecule has 0 aromatic heterocycles. The summed E-state index contributed by atoms with van der Waals surface area (Å²) in [7, 11) is 0. The molecule has 1 saturated carbocycles. The number of hydrogen-bond donors (Lipinski definition) is 0. The van der Waals surface area contributed by atoms with Crippen LogP contribution in [0.15, 0.2) is 24.3 Å². The zero-order valence-corrected chi connectivity index (χ0v) is 13.0. The maximum Gasteiger partial charge on any atom is -0.00389 e. The standard InChI is InChI=1S/C19H28/c1-5-15-12-13-19(4)16-9-7-6-8-14(16)10-11-17(19)18(15,2)3/h6-9,15,17H,5,10-13H2,1-4H3. The number of benzene rings is 1. The number of hydrogen-bond acceptors (Lipinski definition) is 0. The first-order chi connectivity index (χ1) is 9.00. The Bertz CT molecular complexity index is 471. The van der Waals surface area contributed by atoms with Crippen LogP contribution in [0.5, 0.6) is 0 Å². The number of aryl methyl sites for hydroxylation is 1. The van der Waals surface area contributed by atoms with Crippen molar-refractivity contribution in [3.05, 3.63) is 35.4 Å². The van der Waals surface area contributed by atoms with E-state index in [1.54, 1.807) is 11.1 Å². The minimum absolute atomic E-state index is 0.421. The van der Waals surface area contributed by atoms with Crippen LogP contribution in [0.25, 0.3) is 0 Å². The molecule has 19 heavy (non-hydrogen) atoms. The normalized spacial score (nSPS) is 36.4. The van der Waals surface area contributed by atoms with Crippen LogP contribution in [0.3, 0.4) is 0 Å². The second-order valence-corrected chi connectivity index (χ2v) is 7.63. The Kier molecular flexibility index (Phi) is 3.04. The molecule has 104 valence electrons. The van der Waals surface area contributed by atoms with Gasteiger partial charge in [-0.15, -0.1) is 0 Å². The Balaban J connectivity index is 2.06. The van der Waals surface area contributed by atoms with Gasteiger partial charge in [0, 0.05) is 0 Å². The van der Waals surface area contributed by atoms with Gasteiger partial charge in [0.1, 0.15) is 0 Å². The van der Waals surface area contributed by atoms with Gasteiger partial charge >= 0.3 is 0 Å². The minimum atomic E-state index is 0.421. The van der Waals surface area contributed by atoms with Crippen molar-refractivity contribution in [3.63, 3.8) is 0 Å². The summed E-state index contributed by atoms with van der Waals surface area (Å²) in [6.07, 6.45) is 6.82. The Hall–Kier alpha value is -0.780. The zero-order valence-electron chi connectivity index (χ0n) is 13.0. The summed E-state index contributed by atoms with van der Waals surface area (Å²) in [4.78, 5) is 0. The van der Waals surface area contributed by atoms with Crippen molar-refractivity contribution in [3.8, 4) is 0 Å². The molecule has 1 aromatic carbocycles. The fourth-order valence-corrected chi connectivity index (χ4v) is 5.46. The zero-order chi connectivity index (χ0) is 13.7. The molecule has 0 amide bonds. The van der Waals surface area contributed by atoms with Gasteiger partial charge in [-0.3, -0.25) is 0 Å². The number of fused-ring (bicyclic) bond motifs is 3. The molecule has 0 radical (unpaired) electrons. The molecule has 0 heterocycles. The van der Waals surface area contributed by atoms with E-state index in [0.29, 0.717) is 10.8 Å². The summed E-state index contributed by atoms with van der Waals surface area (Å²) < 4.78 is 0. The average Bonchev–Trinajstić information content (AvgIpc) is 2.38. The van der Waals surface area contributed by atoms with Gasteiger partial charge in [-0.1, -0.05) is 58.4 Å². The van der Waals surface area contributed by atoms with Crippen molar-refractivity contribution in [1.29, 1.82) is 0 Å². The summed E-state index contributed by atoms with van der Waals surface area (Å²) in [5, 5.41) is 0. The predicted octanol–water partition coefficient (Wildman–Crippen LogP) is 5.35. The maximum absolute atomic E-state index is 2.54. The third-order valence-electron chi connectivity index (χ3n) is 6.56. The Labute approximate surface area is 118 Å². The Morgan fingerprint density at radius 1 is 1.11 bits per heavy atom. The minimum Gasteiger partial charge on any atom is -0.0651 e. The highest BCUT2D eigenvalue weighted by atomic mass is 14.6. The fourth-order valence-electron chi connectivity index (χ4n) is 5.46. The molecule has 1 aromatic rings. The van der Waals surface area contributed by atoms with Crippen LogP contribution in [0.1, 0.15) is 64.5 Å². The monoisotopic (exact) mass is 256 g/mol. The van der Waals surface area contributed by atoms with Crippen molar-refractivity contribution >= 4 is 0 Å². The fraction of sp³-hybridized carbons (Fsp3) is 0.684. The van der Waals surface area contributed by atoms with Crippen LogP contribution in [0.4, 0.5) is 0 Å². The highest BCUT2D eigenvalue weighted by Gasteiger charge is 2.52. The first kappa shape index (κ1) is 13.2. The van der Waals surface area contributed by atoms with Crippen LogP contribution in [-0.4, -0.2) is 0 Å². The van der Waals surface area contributed by atoms with Gasteiger partial charge in [-0.05, 0) is 59.5 Å². The molecule has 3 atom stereocenters. The quantitative estimate of drug-likeness (QED) is 0.635. The highest BCUT2D eigenvalue weighted by molar-refractivity contribution is 5.38. The van der Waals surface area contributed by atoms with Crippen LogP contribution in [-0.2, 0) is 11.8 Å². The molecule has 2 aliphatic rings. The van der Waals surface area contributed by atoms with E-state index in [2.05, 4.69) is 52.0 Å². The van der Waals surface area contributed by atoms with Crippen molar-refractivity contribution in [2.24, 2.45) is 17.3 Å². The number of rotatable bonds is 1. The molecular formula is C19H28. The summed E-state index contributed by atoms with van der Waals surface area (Å²) >= 11 is 0. The van der Waals surface area contributed by atoms with E-state index < -0.39 is 0 Å². The molecule has 0 spiro atoms. The van der Waals surface area contributed by atoms with Gasteiger partial charge in [0.15, 0.2) is 0 Å². The molecule has 0 nitrogen and oxygen atoms in total. The van der Waals surface area contributed by atoms with Crippen LogP contribution in [0, 0.1) is 17.3 Å². The first-order valence-corrected chi connectivity index (χ1v) is 8.08. The lowest BCUT2D eigenvalue weighted by Gasteiger charge is -2.57. The smallest absolute Gasteiger partial charge is 0.00389 e. The van der Waals surface area contributed by atoms with Crippen LogP contribution in [0.2, 0.25) is 0 Å². The van der Waals surface area contributed by atoms with Gasteiger partial charge in [0.25, 0.3) is 0 Å². The SMILES string of the molecule is CCC1CCC2(C)c3ccccc3CCC2C1(C)C. The second-order valence-electron chi connectivity index (χ2n) is 7.63. The van der Waals surface area contributed by atoms with E-state index >= 15 is 0 Å². The molecule has 0 bridgehead atoms. The van der Waals surface area contributed by atoms with Crippen molar-refractivity contribution < 1.29 is 0 Å². The molecule has 3 rings (SSSR count). The Morgan fingerprint density at radius 2 is 1.84 bits per heavy atom. The van der Waals surface area contributed by atoms with Crippen molar-refractivity contribution in [2.75, 3.05) is 0 Å². The Morgan fingerprint density at radius 3 is 2.58 bits per heavy atom. The molecular weight excluding hydrogens is 228 g/mol. The molecule has 0 heteroatoms. The molecule has 3 unspecified atom stereocenters. The van der Waals surface area contributed by atoms with Gasteiger partial charge in [0.05, 0.1) is 0 Å². The van der Waals surface area contributed by atoms with Gasteiger partial charge in [-0.25, -0.2) is 0 Å². The largest absolute Gasteiger partial charge is 0.0651 e. The van der Waals surface area contributed by atoms with E-state index in [-0.39, 0.29) is 0 Å². The summed E-state index contributed by atoms with van der Waals surface area (Å²) in [6.45, 7) is 10.0. The van der Waals surface area contributed by atoms with Crippen molar-refractivity contribution in [1.82, 2.24) is 0 Å². The molecule has 1 fully saturated rings. The van der Waals surface area contributed by atoms with Crippen LogP contribution >= 0.6 is 0 Å². The lowest BCUT2D eigenvalue weighted by Crippen LogP contribution is -2.51. The third kappa shape index (κ3) is 1.79. The van der Waals surface area contributed by atoms with Crippen LogP contribution < -0.4 is 0 Å². The summed E-state index contributed by atoms with van der Waals surface area (Å²) in [5.41, 5.74) is 4.19. The van der Waals surface area contributed by atoms with E-state index in [1.807, 2.05) is 0 Å².